The summed E-state index contributed by atoms with van der Waals surface area (Å²) in [5, 5.41) is 12.7. The highest BCUT2D eigenvalue weighted by Crippen LogP contribution is 2.20. The Balaban J connectivity index is 1.96. The van der Waals surface area contributed by atoms with E-state index in [1.54, 1.807) is 19.1 Å². The molecule has 0 aliphatic carbocycles. The van der Waals surface area contributed by atoms with Crippen LogP contribution in [0.15, 0.2) is 41.0 Å². The van der Waals surface area contributed by atoms with Crippen LogP contribution >= 0.6 is 0 Å². The molecule has 0 saturated heterocycles. The smallest absolute Gasteiger partial charge is 0.251 e. The zero-order valence-electron chi connectivity index (χ0n) is 12.4. The molecule has 6 heteroatoms. The van der Waals surface area contributed by atoms with Gasteiger partial charge in [-0.05, 0) is 37.3 Å². The van der Waals surface area contributed by atoms with E-state index in [0.717, 1.165) is 0 Å². The molecule has 2 N–H and O–H groups in total. The van der Waals surface area contributed by atoms with Crippen molar-refractivity contribution in [1.29, 1.82) is 0 Å². The van der Waals surface area contributed by atoms with E-state index in [4.69, 9.17) is 9.15 Å². The lowest BCUT2D eigenvalue weighted by atomic mass is 10.1. The summed E-state index contributed by atoms with van der Waals surface area (Å²) < 4.78 is 23.3. The summed E-state index contributed by atoms with van der Waals surface area (Å²) in [6, 6.07) is 6.96. The number of furan rings is 1. The summed E-state index contributed by atoms with van der Waals surface area (Å²) >= 11 is 0. The van der Waals surface area contributed by atoms with Crippen molar-refractivity contribution in [2.45, 2.75) is 25.5 Å². The first-order chi connectivity index (χ1) is 10.5. The van der Waals surface area contributed by atoms with E-state index in [0.29, 0.717) is 12.2 Å². The molecule has 22 heavy (non-hydrogen) atoms. The normalized spacial score (nSPS) is 13.5. The second kappa shape index (κ2) is 7.09. The van der Waals surface area contributed by atoms with Crippen molar-refractivity contribution in [3.63, 3.8) is 0 Å². The second-order valence-corrected chi connectivity index (χ2v) is 4.99. The largest absolute Gasteiger partial charge is 0.494 e. The summed E-state index contributed by atoms with van der Waals surface area (Å²) in [7, 11) is 1.34. The maximum absolute atomic E-state index is 13.3. The van der Waals surface area contributed by atoms with Crippen molar-refractivity contribution in [2.24, 2.45) is 0 Å². The van der Waals surface area contributed by atoms with Gasteiger partial charge in [-0.1, -0.05) is 0 Å². The molecule has 0 bridgehead atoms. The van der Waals surface area contributed by atoms with Crippen LogP contribution in [0.25, 0.3) is 0 Å². The highest BCUT2D eigenvalue weighted by molar-refractivity contribution is 5.94. The van der Waals surface area contributed by atoms with Crippen LogP contribution in [0.1, 0.15) is 35.6 Å². The molecule has 0 radical (unpaired) electrons. The predicted octanol–water partition coefficient (Wildman–Crippen LogP) is 2.67. The van der Waals surface area contributed by atoms with Crippen molar-refractivity contribution < 1.29 is 23.4 Å². The summed E-state index contributed by atoms with van der Waals surface area (Å²) in [5.41, 5.74) is 0.289. The number of hydrogen-bond donors (Lipinski definition) is 2. The summed E-state index contributed by atoms with van der Waals surface area (Å²) in [4.78, 5) is 12.1. The molecule has 1 amide bonds. The van der Waals surface area contributed by atoms with Gasteiger partial charge in [-0.3, -0.25) is 4.79 Å². The van der Waals surface area contributed by atoms with E-state index in [1.165, 1.54) is 31.6 Å². The summed E-state index contributed by atoms with van der Waals surface area (Å²) in [6.45, 7) is 1.77. The minimum absolute atomic E-state index is 0.0101. The van der Waals surface area contributed by atoms with E-state index < -0.39 is 11.9 Å². The lowest BCUT2D eigenvalue weighted by Crippen LogP contribution is -2.33. The molecule has 0 aliphatic heterocycles. The van der Waals surface area contributed by atoms with E-state index in [2.05, 4.69) is 5.32 Å². The molecule has 2 atom stereocenters. The lowest BCUT2D eigenvalue weighted by Gasteiger charge is -2.17. The fourth-order valence-electron chi connectivity index (χ4n) is 2.10. The number of aliphatic hydroxyl groups is 1. The molecule has 2 rings (SSSR count). The monoisotopic (exact) mass is 307 g/mol. The first-order valence-electron chi connectivity index (χ1n) is 6.87. The van der Waals surface area contributed by atoms with Gasteiger partial charge in [0.15, 0.2) is 11.6 Å². The topological polar surface area (TPSA) is 71.7 Å². The van der Waals surface area contributed by atoms with Gasteiger partial charge in [-0.25, -0.2) is 4.39 Å². The van der Waals surface area contributed by atoms with Gasteiger partial charge in [0.2, 0.25) is 0 Å². The molecule has 1 heterocycles. The van der Waals surface area contributed by atoms with Crippen molar-refractivity contribution in [3.05, 3.63) is 53.7 Å². The molecule has 5 nitrogen and oxygen atoms in total. The Labute approximate surface area is 127 Å². The Kier molecular flexibility index (Phi) is 5.16. The van der Waals surface area contributed by atoms with Gasteiger partial charge in [0.25, 0.3) is 5.91 Å². The number of benzene rings is 1. The molecule has 2 aromatic rings. The zero-order chi connectivity index (χ0) is 16.1. The third kappa shape index (κ3) is 3.85. The SMILES string of the molecule is COc1cc(C(=O)N[C@@H](C)C[C@@H](O)c2ccco2)ccc1F. The molecule has 118 valence electrons. The predicted molar refractivity (Wildman–Crippen MR) is 78.2 cm³/mol. The standard InChI is InChI=1S/C16H18FNO4/c1-10(8-13(19)14-4-3-7-22-14)18-16(20)11-5-6-12(17)15(9-11)21-2/h3-7,9-10,13,19H,8H2,1-2H3,(H,18,20)/t10-,13+/m0/s1. The average Bonchev–Trinajstić information content (AvgIpc) is 3.01. The third-order valence-corrected chi connectivity index (χ3v) is 3.24. The van der Waals surface area contributed by atoms with E-state index in [1.807, 2.05) is 0 Å². The molecule has 0 fully saturated rings. The van der Waals surface area contributed by atoms with Crippen molar-refractivity contribution in [1.82, 2.24) is 5.32 Å². The number of ether oxygens (including phenoxy) is 1. The Morgan fingerprint density at radius 3 is 2.86 bits per heavy atom. The molecule has 0 unspecified atom stereocenters. The zero-order valence-corrected chi connectivity index (χ0v) is 12.4. The number of nitrogens with one attached hydrogen (secondary N) is 1. The van der Waals surface area contributed by atoms with Gasteiger partial charge in [0.1, 0.15) is 11.9 Å². The maximum atomic E-state index is 13.3. The van der Waals surface area contributed by atoms with Gasteiger partial charge in [-0.2, -0.15) is 0 Å². The van der Waals surface area contributed by atoms with Crippen molar-refractivity contribution >= 4 is 5.91 Å². The van der Waals surface area contributed by atoms with Gasteiger partial charge in [-0.15, -0.1) is 0 Å². The molecule has 0 spiro atoms. The summed E-state index contributed by atoms with van der Waals surface area (Å²) in [5.74, 6) is -0.432. The van der Waals surface area contributed by atoms with Gasteiger partial charge in [0.05, 0.1) is 13.4 Å². The minimum atomic E-state index is -0.798. The maximum Gasteiger partial charge on any atom is 0.251 e. The number of aliphatic hydroxyl groups excluding tert-OH is 1. The molecular formula is C16H18FNO4. The molecule has 1 aromatic heterocycles. The number of hydrogen-bond acceptors (Lipinski definition) is 4. The first kappa shape index (κ1) is 16.0. The minimum Gasteiger partial charge on any atom is -0.494 e. The highest BCUT2D eigenvalue weighted by atomic mass is 19.1. The second-order valence-electron chi connectivity index (χ2n) is 4.99. The molecular weight excluding hydrogens is 289 g/mol. The molecule has 0 saturated carbocycles. The van der Waals surface area contributed by atoms with Crippen LogP contribution in [-0.2, 0) is 0 Å². The number of halogens is 1. The van der Waals surface area contributed by atoms with Crippen LogP contribution in [0.2, 0.25) is 0 Å². The van der Waals surface area contributed by atoms with Crippen LogP contribution in [0, 0.1) is 5.82 Å². The van der Waals surface area contributed by atoms with E-state index >= 15 is 0 Å². The Bertz CT molecular complexity index is 627. The fraction of sp³-hybridized carbons (Fsp3) is 0.312. The molecule has 1 aromatic carbocycles. The van der Waals surface area contributed by atoms with Crippen molar-refractivity contribution in [2.75, 3.05) is 7.11 Å². The Morgan fingerprint density at radius 2 is 2.23 bits per heavy atom. The van der Waals surface area contributed by atoms with Gasteiger partial charge < -0.3 is 19.6 Å². The van der Waals surface area contributed by atoms with Gasteiger partial charge >= 0.3 is 0 Å². The van der Waals surface area contributed by atoms with Gasteiger partial charge in [0, 0.05) is 18.0 Å². The van der Waals surface area contributed by atoms with Crippen LogP contribution in [0.3, 0.4) is 0 Å². The van der Waals surface area contributed by atoms with Crippen molar-refractivity contribution in [3.8, 4) is 5.75 Å². The summed E-state index contributed by atoms with van der Waals surface area (Å²) in [6.07, 6.45) is 0.984. The Hall–Kier alpha value is -2.34. The number of methoxy groups -OCH3 is 1. The van der Waals surface area contributed by atoms with Crippen LogP contribution in [0.4, 0.5) is 4.39 Å². The number of carbonyl (C=O) groups excluding carboxylic acids is 1. The number of amides is 1. The fourth-order valence-corrected chi connectivity index (χ4v) is 2.10. The number of carbonyl (C=O) groups is 1. The van der Waals surface area contributed by atoms with Crippen LogP contribution in [-0.4, -0.2) is 24.2 Å². The third-order valence-electron chi connectivity index (χ3n) is 3.24. The van der Waals surface area contributed by atoms with E-state index in [-0.39, 0.29) is 23.3 Å². The Morgan fingerprint density at radius 1 is 1.45 bits per heavy atom. The highest BCUT2D eigenvalue weighted by Gasteiger charge is 2.17. The van der Waals surface area contributed by atoms with E-state index in [9.17, 15) is 14.3 Å². The average molecular weight is 307 g/mol. The quantitative estimate of drug-likeness (QED) is 0.860. The van der Waals surface area contributed by atoms with Crippen LogP contribution in [0.5, 0.6) is 5.75 Å². The first-order valence-corrected chi connectivity index (χ1v) is 6.87. The lowest BCUT2D eigenvalue weighted by molar-refractivity contribution is 0.0902. The number of rotatable bonds is 6. The molecule has 0 aliphatic rings. The van der Waals surface area contributed by atoms with Crippen LogP contribution < -0.4 is 10.1 Å².